The van der Waals surface area contributed by atoms with E-state index in [0.717, 1.165) is 37.5 Å². The molecule has 3 heterocycles. The molecule has 1 aliphatic heterocycles. The number of H-pyrrole nitrogens is 1. The van der Waals surface area contributed by atoms with Crippen molar-refractivity contribution < 1.29 is 0 Å². The minimum atomic E-state index is 0.239. The van der Waals surface area contributed by atoms with Gasteiger partial charge in [0.05, 0.1) is 6.33 Å². The first-order chi connectivity index (χ1) is 12.2. The molecule has 2 aromatic heterocycles. The Labute approximate surface area is 146 Å². The Balaban J connectivity index is 1.35. The van der Waals surface area contributed by atoms with E-state index >= 15 is 0 Å². The monoisotopic (exact) mass is 337 g/mol. The SMILES string of the molecule is Cc1ccccc1C1CCN(CCNc2nc(N)nc3nc[nH]c23)C1. The summed E-state index contributed by atoms with van der Waals surface area (Å²) in [6.07, 6.45) is 2.83. The zero-order valence-corrected chi connectivity index (χ0v) is 14.4. The molecule has 1 saturated heterocycles. The zero-order valence-electron chi connectivity index (χ0n) is 14.4. The van der Waals surface area contributed by atoms with E-state index in [1.807, 2.05) is 0 Å². The van der Waals surface area contributed by atoms with Gasteiger partial charge in [-0.3, -0.25) is 0 Å². The predicted octanol–water partition coefficient (Wildman–Crippen LogP) is 2.14. The molecule has 3 aromatic rings. The lowest BCUT2D eigenvalue weighted by Crippen LogP contribution is -2.27. The molecular formula is C18H23N7. The number of aromatic amines is 1. The smallest absolute Gasteiger partial charge is 0.224 e. The number of aromatic nitrogens is 4. The Morgan fingerprint density at radius 1 is 1.32 bits per heavy atom. The van der Waals surface area contributed by atoms with Gasteiger partial charge in [-0.15, -0.1) is 0 Å². The van der Waals surface area contributed by atoms with Gasteiger partial charge < -0.3 is 20.9 Å². The Bertz CT molecular complexity index is 873. The van der Waals surface area contributed by atoms with Crippen molar-refractivity contribution in [2.75, 3.05) is 37.2 Å². The van der Waals surface area contributed by atoms with Crippen molar-refractivity contribution in [1.29, 1.82) is 0 Å². The van der Waals surface area contributed by atoms with E-state index in [1.165, 1.54) is 17.5 Å². The molecule has 0 spiro atoms. The largest absolute Gasteiger partial charge is 0.368 e. The molecule has 1 unspecified atom stereocenters. The minimum Gasteiger partial charge on any atom is -0.368 e. The van der Waals surface area contributed by atoms with Crippen LogP contribution in [0.25, 0.3) is 11.2 Å². The topological polar surface area (TPSA) is 95.8 Å². The predicted molar refractivity (Wildman–Crippen MR) is 99.6 cm³/mol. The molecule has 0 aliphatic carbocycles. The number of nitrogens with one attached hydrogen (secondary N) is 2. The maximum absolute atomic E-state index is 5.75. The van der Waals surface area contributed by atoms with Crippen LogP contribution in [-0.4, -0.2) is 51.0 Å². The van der Waals surface area contributed by atoms with Crippen LogP contribution in [0.3, 0.4) is 0 Å². The highest BCUT2D eigenvalue weighted by Crippen LogP contribution is 2.29. The highest BCUT2D eigenvalue weighted by atomic mass is 15.2. The van der Waals surface area contributed by atoms with Gasteiger partial charge in [-0.05, 0) is 36.9 Å². The van der Waals surface area contributed by atoms with Crippen LogP contribution in [0.5, 0.6) is 0 Å². The number of nitrogen functional groups attached to an aromatic ring is 1. The van der Waals surface area contributed by atoms with Gasteiger partial charge >= 0.3 is 0 Å². The second-order valence-electron chi connectivity index (χ2n) is 6.60. The lowest BCUT2D eigenvalue weighted by Gasteiger charge is -2.17. The van der Waals surface area contributed by atoms with E-state index < -0.39 is 0 Å². The van der Waals surface area contributed by atoms with Crippen molar-refractivity contribution >= 4 is 22.9 Å². The summed E-state index contributed by atoms with van der Waals surface area (Å²) in [5, 5.41) is 3.36. The average Bonchev–Trinajstić information content (AvgIpc) is 3.24. The summed E-state index contributed by atoms with van der Waals surface area (Å²) < 4.78 is 0. The molecule has 1 fully saturated rings. The number of aryl methyl sites for hydroxylation is 1. The highest BCUT2D eigenvalue weighted by Gasteiger charge is 2.24. The lowest BCUT2D eigenvalue weighted by molar-refractivity contribution is 0.347. The summed E-state index contributed by atoms with van der Waals surface area (Å²) in [5.41, 5.74) is 10.0. The van der Waals surface area contributed by atoms with Crippen molar-refractivity contribution in [3.05, 3.63) is 41.7 Å². The quantitative estimate of drug-likeness (QED) is 0.660. The number of nitrogens with two attached hydrogens (primary N) is 1. The second-order valence-corrected chi connectivity index (χ2v) is 6.60. The van der Waals surface area contributed by atoms with Gasteiger partial charge in [0.15, 0.2) is 11.5 Å². The van der Waals surface area contributed by atoms with Gasteiger partial charge in [0.25, 0.3) is 0 Å². The summed E-state index contributed by atoms with van der Waals surface area (Å²) >= 11 is 0. The van der Waals surface area contributed by atoms with Crippen molar-refractivity contribution in [3.63, 3.8) is 0 Å². The van der Waals surface area contributed by atoms with E-state index in [1.54, 1.807) is 6.33 Å². The number of hydrogen-bond donors (Lipinski definition) is 3. The van der Waals surface area contributed by atoms with Gasteiger partial charge in [0.1, 0.15) is 5.52 Å². The average molecular weight is 337 g/mol. The molecule has 4 rings (SSSR count). The third-order valence-corrected chi connectivity index (χ3v) is 4.92. The van der Waals surface area contributed by atoms with E-state index in [4.69, 9.17) is 5.73 Å². The van der Waals surface area contributed by atoms with Gasteiger partial charge in [0, 0.05) is 19.6 Å². The Hall–Kier alpha value is -2.67. The molecule has 4 N–H and O–H groups in total. The van der Waals surface area contributed by atoms with E-state index in [9.17, 15) is 0 Å². The van der Waals surface area contributed by atoms with Gasteiger partial charge in [-0.2, -0.15) is 9.97 Å². The van der Waals surface area contributed by atoms with Crippen LogP contribution in [-0.2, 0) is 0 Å². The summed E-state index contributed by atoms with van der Waals surface area (Å²) in [7, 11) is 0. The standard InChI is InChI=1S/C18H23N7/c1-12-4-2-3-5-14(12)13-6-8-25(10-13)9-7-20-16-15-17(22-11-21-15)24-18(19)23-16/h2-5,11,13H,6-10H2,1H3,(H4,19,20,21,22,23,24). The van der Waals surface area contributed by atoms with Crippen LogP contribution in [0.2, 0.25) is 0 Å². The number of benzene rings is 1. The summed E-state index contributed by atoms with van der Waals surface area (Å²) in [4.78, 5) is 18.1. The first kappa shape index (κ1) is 15.8. The molecule has 0 radical (unpaired) electrons. The number of anilines is 2. The third-order valence-electron chi connectivity index (χ3n) is 4.92. The molecule has 7 nitrogen and oxygen atoms in total. The normalized spacial score (nSPS) is 18.0. The second kappa shape index (κ2) is 6.68. The van der Waals surface area contributed by atoms with Crippen molar-refractivity contribution in [1.82, 2.24) is 24.8 Å². The fourth-order valence-corrected chi connectivity index (χ4v) is 3.64. The molecule has 1 aromatic carbocycles. The Morgan fingerprint density at radius 2 is 2.20 bits per heavy atom. The maximum Gasteiger partial charge on any atom is 0.224 e. The summed E-state index contributed by atoms with van der Waals surface area (Å²) in [5.74, 6) is 1.59. The lowest BCUT2D eigenvalue weighted by atomic mass is 9.94. The first-order valence-electron chi connectivity index (χ1n) is 8.69. The summed E-state index contributed by atoms with van der Waals surface area (Å²) in [6.45, 7) is 6.23. The summed E-state index contributed by atoms with van der Waals surface area (Å²) in [6, 6.07) is 8.72. The van der Waals surface area contributed by atoms with Crippen molar-refractivity contribution in [2.45, 2.75) is 19.3 Å². The van der Waals surface area contributed by atoms with Crippen molar-refractivity contribution in [3.8, 4) is 0 Å². The molecule has 0 amide bonds. The molecule has 1 atom stereocenters. The van der Waals surface area contributed by atoms with Crippen LogP contribution in [0.4, 0.5) is 11.8 Å². The fourth-order valence-electron chi connectivity index (χ4n) is 3.64. The fraction of sp³-hybridized carbons (Fsp3) is 0.389. The zero-order chi connectivity index (χ0) is 17.2. The molecule has 7 heteroatoms. The maximum atomic E-state index is 5.75. The minimum absolute atomic E-state index is 0.239. The molecular weight excluding hydrogens is 314 g/mol. The first-order valence-corrected chi connectivity index (χ1v) is 8.69. The van der Waals surface area contributed by atoms with Crippen LogP contribution in [0, 0.1) is 6.92 Å². The number of rotatable bonds is 5. The molecule has 0 saturated carbocycles. The number of likely N-dealkylation sites (tertiary alicyclic amines) is 1. The highest BCUT2D eigenvalue weighted by molar-refractivity contribution is 5.83. The van der Waals surface area contributed by atoms with Gasteiger partial charge in [0.2, 0.25) is 5.95 Å². The molecule has 130 valence electrons. The number of fused-ring (bicyclic) bond motifs is 1. The Morgan fingerprint density at radius 3 is 3.08 bits per heavy atom. The van der Waals surface area contributed by atoms with E-state index in [0.29, 0.717) is 11.6 Å². The van der Waals surface area contributed by atoms with E-state index in [-0.39, 0.29) is 5.95 Å². The van der Waals surface area contributed by atoms with Gasteiger partial charge in [-0.25, -0.2) is 4.98 Å². The number of hydrogen-bond acceptors (Lipinski definition) is 6. The molecule has 25 heavy (non-hydrogen) atoms. The van der Waals surface area contributed by atoms with Crippen LogP contribution >= 0.6 is 0 Å². The van der Waals surface area contributed by atoms with Crippen LogP contribution < -0.4 is 11.1 Å². The molecule has 0 bridgehead atoms. The molecule has 1 aliphatic rings. The van der Waals surface area contributed by atoms with Crippen LogP contribution in [0.1, 0.15) is 23.5 Å². The van der Waals surface area contributed by atoms with Crippen LogP contribution in [0.15, 0.2) is 30.6 Å². The third kappa shape index (κ3) is 3.28. The van der Waals surface area contributed by atoms with Gasteiger partial charge in [-0.1, -0.05) is 24.3 Å². The van der Waals surface area contributed by atoms with E-state index in [2.05, 4.69) is 61.3 Å². The Kier molecular flexibility index (Phi) is 4.23. The number of nitrogens with zero attached hydrogens (tertiary/aromatic N) is 4. The number of imidazole rings is 1. The van der Waals surface area contributed by atoms with Crippen molar-refractivity contribution in [2.24, 2.45) is 0 Å².